The van der Waals surface area contributed by atoms with Gasteiger partial charge in [-0.25, -0.2) is 8.93 Å². The number of para-hydroxylation sites is 1. The minimum Gasteiger partial charge on any atom is -0.356 e. The van der Waals surface area contributed by atoms with Crippen LogP contribution in [0.15, 0.2) is 77.4 Å². The fourth-order valence-electron chi connectivity index (χ4n) is 4.16. The lowest BCUT2D eigenvalue weighted by Crippen LogP contribution is -2.39. The third-order valence-electron chi connectivity index (χ3n) is 5.83. The second-order valence-electron chi connectivity index (χ2n) is 9.62. The monoisotopic (exact) mass is 461 g/mol. The molecule has 0 aliphatic carbocycles. The van der Waals surface area contributed by atoms with Crippen molar-refractivity contribution in [1.29, 1.82) is 0 Å². The summed E-state index contributed by atoms with van der Waals surface area (Å²) < 4.78 is 22.0. The Bertz CT molecular complexity index is 1240. The molecule has 0 bridgehead atoms. The van der Waals surface area contributed by atoms with Gasteiger partial charge in [-0.1, -0.05) is 61.5 Å². The van der Waals surface area contributed by atoms with Gasteiger partial charge >= 0.3 is 0 Å². The first-order chi connectivity index (χ1) is 15.8. The quantitative estimate of drug-likeness (QED) is 0.345. The van der Waals surface area contributed by atoms with E-state index in [-0.39, 0.29) is 17.9 Å². The highest BCUT2D eigenvalue weighted by atomic mass is 32.2. The van der Waals surface area contributed by atoms with Crippen LogP contribution in [-0.2, 0) is 11.0 Å². The largest absolute Gasteiger partial charge is 0.356 e. The first-order valence-electron chi connectivity index (χ1n) is 11.3. The summed E-state index contributed by atoms with van der Waals surface area (Å²) in [4.78, 5) is 4.69. The van der Waals surface area contributed by atoms with Crippen molar-refractivity contribution >= 4 is 22.0 Å². The molecule has 0 saturated carbocycles. The van der Waals surface area contributed by atoms with Gasteiger partial charge in [0.15, 0.2) is 5.58 Å². The van der Waals surface area contributed by atoms with Gasteiger partial charge in [0, 0.05) is 28.8 Å². The van der Waals surface area contributed by atoms with E-state index in [4.69, 9.17) is 4.52 Å². The molecule has 0 radical (unpaired) electrons. The SMILES string of the molecule is CC(C)C(c1ccccn1)[C@H](NS(=O)C(C)(C)C)c1ccccc1-c1noc2ccccc12. The molecule has 0 aliphatic heterocycles. The first kappa shape index (κ1) is 23.3. The van der Waals surface area contributed by atoms with Crippen LogP contribution in [-0.4, -0.2) is 19.1 Å². The van der Waals surface area contributed by atoms with Crippen LogP contribution in [0.2, 0.25) is 0 Å². The minimum atomic E-state index is -1.28. The second kappa shape index (κ2) is 9.57. The summed E-state index contributed by atoms with van der Waals surface area (Å²) in [7, 11) is -1.28. The van der Waals surface area contributed by atoms with Gasteiger partial charge in [-0.05, 0) is 56.5 Å². The molecule has 2 aromatic heterocycles. The molecular formula is C27H31N3O2S. The van der Waals surface area contributed by atoms with Crippen LogP contribution in [0.3, 0.4) is 0 Å². The first-order valence-corrected chi connectivity index (χ1v) is 12.4. The highest BCUT2D eigenvalue weighted by Crippen LogP contribution is 2.41. The van der Waals surface area contributed by atoms with Crippen molar-refractivity contribution in [2.24, 2.45) is 5.92 Å². The molecule has 0 saturated heterocycles. The van der Waals surface area contributed by atoms with Gasteiger partial charge in [0.05, 0.1) is 21.8 Å². The Kier molecular flexibility index (Phi) is 6.77. The van der Waals surface area contributed by atoms with Gasteiger partial charge in [-0.3, -0.25) is 4.98 Å². The van der Waals surface area contributed by atoms with Gasteiger partial charge in [-0.2, -0.15) is 0 Å². The van der Waals surface area contributed by atoms with E-state index in [0.29, 0.717) is 0 Å². The topological polar surface area (TPSA) is 68.0 Å². The van der Waals surface area contributed by atoms with Gasteiger partial charge in [0.25, 0.3) is 0 Å². The summed E-state index contributed by atoms with van der Waals surface area (Å²) in [6, 6.07) is 21.8. The van der Waals surface area contributed by atoms with Gasteiger partial charge in [-0.15, -0.1) is 0 Å². The van der Waals surface area contributed by atoms with Crippen LogP contribution in [0, 0.1) is 5.92 Å². The summed E-state index contributed by atoms with van der Waals surface area (Å²) in [6.07, 6.45) is 1.82. The van der Waals surface area contributed by atoms with E-state index in [1.165, 1.54) is 0 Å². The molecule has 2 aromatic carbocycles. The Morgan fingerprint density at radius 2 is 1.64 bits per heavy atom. The molecule has 0 aliphatic rings. The van der Waals surface area contributed by atoms with Crippen molar-refractivity contribution in [2.45, 2.75) is 51.3 Å². The zero-order chi connectivity index (χ0) is 23.6. The summed E-state index contributed by atoms with van der Waals surface area (Å²) >= 11 is 0. The Labute approximate surface area is 198 Å². The van der Waals surface area contributed by atoms with Crippen LogP contribution in [0.4, 0.5) is 0 Å². The molecule has 3 atom stereocenters. The Morgan fingerprint density at radius 1 is 0.939 bits per heavy atom. The van der Waals surface area contributed by atoms with E-state index in [9.17, 15) is 4.21 Å². The smallest absolute Gasteiger partial charge is 0.167 e. The maximum Gasteiger partial charge on any atom is 0.167 e. The van der Waals surface area contributed by atoms with E-state index in [2.05, 4.69) is 40.8 Å². The van der Waals surface area contributed by atoms with Crippen molar-refractivity contribution in [3.63, 3.8) is 0 Å². The molecule has 4 aromatic rings. The lowest BCUT2D eigenvalue weighted by molar-refractivity contribution is 0.396. The number of rotatable bonds is 7. The van der Waals surface area contributed by atoms with E-state index in [0.717, 1.165) is 33.5 Å². The van der Waals surface area contributed by atoms with Gasteiger partial charge < -0.3 is 4.52 Å². The number of nitrogens with zero attached hydrogens (tertiary/aromatic N) is 2. The van der Waals surface area contributed by atoms with Crippen LogP contribution in [0.25, 0.3) is 22.2 Å². The number of nitrogens with one attached hydrogen (secondary N) is 1. The Balaban J connectivity index is 1.91. The van der Waals surface area contributed by atoms with E-state index in [1.54, 1.807) is 0 Å². The maximum absolute atomic E-state index is 13.4. The van der Waals surface area contributed by atoms with Crippen LogP contribution < -0.4 is 4.72 Å². The molecule has 172 valence electrons. The summed E-state index contributed by atoms with van der Waals surface area (Å²) in [6.45, 7) is 10.3. The molecule has 4 rings (SSSR count). The normalized spacial score (nSPS) is 15.0. The number of aromatic nitrogens is 2. The van der Waals surface area contributed by atoms with E-state index >= 15 is 0 Å². The third kappa shape index (κ3) is 4.92. The highest BCUT2D eigenvalue weighted by molar-refractivity contribution is 7.84. The average Bonchev–Trinajstić information content (AvgIpc) is 3.22. The Morgan fingerprint density at radius 3 is 2.33 bits per heavy atom. The molecule has 0 fully saturated rings. The molecule has 2 unspecified atom stereocenters. The zero-order valence-corrected chi connectivity index (χ0v) is 20.6. The van der Waals surface area contributed by atoms with Crippen molar-refractivity contribution < 1.29 is 8.73 Å². The van der Waals surface area contributed by atoms with Crippen molar-refractivity contribution in [3.05, 3.63) is 84.2 Å². The number of benzene rings is 2. The molecule has 0 spiro atoms. The lowest BCUT2D eigenvalue weighted by Gasteiger charge is -2.33. The molecule has 0 amide bonds. The van der Waals surface area contributed by atoms with E-state index in [1.807, 2.05) is 81.6 Å². The summed E-state index contributed by atoms with van der Waals surface area (Å²) in [5.41, 5.74) is 4.50. The third-order valence-corrected chi connectivity index (χ3v) is 7.41. The number of hydrogen-bond donors (Lipinski definition) is 1. The minimum absolute atomic E-state index is 0.00295. The van der Waals surface area contributed by atoms with Gasteiger partial charge in [0.2, 0.25) is 0 Å². The highest BCUT2D eigenvalue weighted by Gasteiger charge is 2.34. The van der Waals surface area contributed by atoms with Crippen molar-refractivity contribution in [3.8, 4) is 11.3 Å². The van der Waals surface area contributed by atoms with Crippen LogP contribution >= 0.6 is 0 Å². The van der Waals surface area contributed by atoms with E-state index < -0.39 is 15.7 Å². The van der Waals surface area contributed by atoms with Crippen molar-refractivity contribution in [1.82, 2.24) is 14.9 Å². The molecule has 2 heterocycles. The number of fused-ring (bicyclic) bond motifs is 1. The molecule has 33 heavy (non-hydrogen) atoms. The fourth-order valence-corrected chi connectivity index (χ4v) is 5.01. The summed E-state index contributed by atoms with van der Waals surface area (Å²) in [5.74, 6) is 0.244. The lowest BCUT2D eigenvalue weighted by atomic mass is 9.80. The van der Waals surface area contributed by atoms with Crippen LogP contribution in [0.1, 0.15) is 57.8 Å². The second-order valence-corrected chi connectivity index (χ2v) is 11.6. The standard InChI is InChI=1S/C27H31N3O2S/c1-18(2)24(22-15-10-11-17-28-22)26(30-33(31)27(3,4)5)20-13-7-6-12-19(20)25-21-14-8-9-16-23(21)32-29-25/h6-18,24,26,30H,1-5H3/t24?,26-,33?/m1/s1. The predicted molar refractivity (Wildman–Crippen MR) is 135 cm³/mol. The molecular weight excluding hydrogens is 430 g/mol. The predicted octanol–water partition coefficient (Wildman–Crippen LogP) is 6.42. The number of pyridine rings is 1. The fraction of sp³-hybridized carbons (Fsp3) is 0.333. The van der Waals surface area contributed by atoms with Crippen LogP contribution in [0.5, 0.6) is 0 Å². The maximum atomic E-state index is 13.4. The summed E-state index contributed by atoms with van der Waals surface area (Å²) in [5, 5.41) is 5.38. The number of hydrogen-bond acceptors (Lipinski definition) is 4. The average molecular weight is 462 g/mol. The van der Waals surface area contributed by atoms with Gasteiger partial charge in [0.1, 0.15) is 5.69 Å². The Hall–Kier alpha value is -2.83. The van der Waals surface area contributed by atoms with Crippen molar-refractivity contribution in [2.75, 3.05) is 0 Å². The molecule has 1 N–H and O–H groups in total. The zero-order valence-electron chi connectivity index (χ0n) is 19.8. The molecule has 6 heteroatoms. The molecule has 5 nitrogen and oxygen atoms in total.